The molecule has 0 unspecified atom stereocenters. The van der Waals surface area contributed by atoms with Crippen molar-refractivity contribution in [3.63, 3.8) is 0 Å². The number of aromatic amines is 1. The third-order valence-electron chi connectivity index (χ3n) is 5.15. The molecule has 3 heterocycles. The van der Waals surface area contributed by atoms with Gasteiger partial charge in [0.15, 0.2) is 17.4 Å². The van der Waals surface area contributed by atoms with Gasteiger partial charge in [0.1, 0.15) is 18.3 Å². The predicted octanol–water partition coefficient (Wildman–Crippen LogP) is -0.619. The molecule has 4 atom stereocenters. The molecule has 14 heteroatoms. The summed E-state index contributed by atoms with van der Waals surface area (Å²) in [5.41, 5.74) is -0.215. The van der Waals surface area contributed by atoms with Crippen molar-refractivity contribution in [2.75, 3.05) is 45.2 Å². The van der Waals surface area contributed by atoms with Crippen LogP contribution in [0.5, 0.6) is 0 Å². The van der Waals surface area contributed by atoms with Crippen LogP contribution in [0.1, 0.15) is 27.0 Å². The summed E-state index contributed by atoms with van der Waals surface area (Å²) >= 11 is 0. The number of H-pyrrole nitrogens is 1. The first-order valence-electron chi connectivity index (χ1n) is 10.3. The van der Waals surface area contributed by atoms with Gasteiger partial charge in [-0.1, -0.05) is 20.8 Å². The molecule has 1 aliphatic rings. The van der Waals surface area contributed by atoms with Crippen LogP contribution in [0.2, 0.25) is 0 Å². The number of hydrogen-bond donors (Lipinski definition) is 5. The van der Waals surface area contributed by atoms with Crippen molar-refractivity contribution in [2.24, 2.45) is 0 Å². The van der Waals surface area contributed by atoms with Gasteiger partial charge in [0.05, 0.1) is 12.9 Å². The van der Waals surface area contributed by atoms with Crippen molar-refractivity contribution in [2.45, 2.75) is 45.3 Å². The van der Waals surface area contributed by atoms with Gasteiger partial charge in [-0.05, 0) is 19.6 Å². The first kappa shape index (κ1) is 26.6. The first-order valence-corrected chi connectivity index (χ1v) is 11.5. The standard InChI is InChI=1S/C12H18N5O7P.C6H15N/c1-16(2)12-14-9-6(10(20)15-12)13-4-17(9)11-8(19)7(18)5(24-11)3-23-25(21)22;1-4-7(5-2)6-3/h4-5,7-8,11,18-19,21-22H,3H2,1-2H3,(H,14,15,20);4-6H2,1-3H3/t5-,7-,8-,11-;/m1./s1. The topological polar surface area (TPSA) is 169 Å². The molecule has 2 aromatic heterocycles. The van der Waals surface area contributed by atoms with Crippen molar-refractivity contribution in [3.8, 4) is 0 Å². The summed E-state index contributed by atoms with van der Waals surface area (Å²) in [6.07, 6.45) is -3.45. The zero-order chi connectivity index (χ0) is 24.0. The molecular weight excluding hydrogens is 443 g/mol. The minimum atomic E-state index is -2.61. The lowest BCUT2D eigenvalue weighted by Gasteiger charge is -2.17. The maximum absolute atomic E-state index is 12.1. The van der Waals surface area contributed by atoms with E-state index in [9.17, 15) is 15.0 Å². The van der Waals surface area contributed by atoms with E-state index < -0.39 is 38.7 Å². The quantitative estimate of drug-likeness (QED) is 0.308. The lowest BCUT2D eigenvalue weighted by molar-refractivity contribution is -0.0485. The zero-order valence-corrected chi connectivity index (χ0v) is 19.8. The van der Waals surface area contributed by atoms with E-state index in [0.29, 0.717) is 5.95 Å². The Balaban J connectivity index is 0.000000451. The number of rotatable bonds is 8. The molecule has 0 radical (unpaired) electrons. The monoisotopic (exact) mass is 476 g/mol. The Morgan fingerprint density at radius 2 is 1.81 bits per heavy atom. The van der Waals surface area contributed by atoms with E-state index in [1.54, 1.807) is 19.0 Å². The summed E-state index contributed by atoms with van der Waals surface area (Å²) in [4.78, 5) is 44.5. The number of aromatic nitrogens is 4. The Morgan fingerprint density at radius 1 is 1.19 bits per heavy atom. The Kier molecular flexibility index (Phi) is 9.92. The molecule has 0 saturated carbocycles. The predicted molar refractivity (Wildman–Crippen MR) is 119 cm³/mol. The fraction of sp³-hybridized carbons (Fsp3) is 0.722. The fourth-order valence-electron chi connectivity index (χ4n) is 3.22. The molecule has 13 nitrogen and oxygen atoms in total. The molecule has 0 spiro atoms. The maximum atomic E-state index is 12.1. The van der Waals surface area contributed by atoms with Crippen molar-refractivity contribution in [1.82, 2.24) is 24.4 Å². The van der Waals surface area contributed by atoms with E-state index in [1.807, 2.05) is 0 Å². The van der Waals surface area contributed by atoms with Crippen LogP contribution in [-0.4, -0.2) is 103 Å². The van der Waals surface area contributed by atoms with E-state index in [2.05, 4.69) is 45.1 Å². The number of aliphatic hydroxyl groups excluding tert-OH is 2. The van der Waals surface area contributed by atoms with Crippen LogP contribution in [-0.2, 0) is 9.26 Å². The molecule has 1 fully saturated rings. The third kappa shape index (κ3) is 6.21. The highest BCUT2D eigenvalue weighted by atomic mass is 31.2. The normalized spacial score (nSPS) is 23.1. The van der Waals surface area contributed by atoms with Gasteiger partial charge in [0.25, 0.3) is 5.56 Å². The van der Waals surface area contributed by atoms with Gasteiger partial charge in [-0.2, -0.15) is 4.98 Å². The Bertz CT molecular complexity index is 898. The highest BCUT2D eigenvalue weighted by Crippen LogP contribution is 2.33. The molecule has 1 aliphatic heterocycles. The van der Waals surface area contributed by atoms with Gasteiger partial charge in [0, 0.05) is 14.1 Å². The number of ether oxygens (including phenoxy) is 1. The van der Waals surface area contributed by atoms with Gasteiger partial charge in [-0.25, -0.2) is 4.98 Å². The smallest absolute Gasteiger partial charge is 0.327 e. The summed E-state index contributed by atoms with van der Waals surface area (Å²) in [5.74, 6) is 0.290. The largest absolute Gasteiger partial charge is 0.387 e. The first-order chi connectivity index (χ1) is 15.1. The molecule has 0 aliphatic carbocycles. The highest BCUT2D eigenvalue weighted by molar-refractivity contribution is 7.39. The van der Waals surface area contributed by atoms with Crippen LogP contribution < -0.4 is 10.5 Å². The summed E-state index contributed by atoms with van der Waals surface area (Å²) in [7, 11) is 0.790. The summed E-state index contributed by atoms with van der Waals surface area (Å²) in [5, 5.41) is 20.3. The molecule has 1 saturated heterocycles. The van der Waals surface area contributed by atoms with Gasteiger partial charge in [-0.3, -0.25) is 14.3 Å². The van der Waals surface area contributed by atoms with E-state index in [0.717, 1.165) is 0 Å². The molecular formula is C18H33N6O7P. The van der Waals surface area contributed by atoms with E-state index in [1.165, 1.54) is 30.5 Å². The van der Waals surface area contributed by atoms with Crippen molar-refractivity contribution < 1.29 is 29.3 Å². The third-order valence-corrected chi connectivity index (χ3v) is 5.53. The van der Waals surface area contributed by atoms with E-state index in [-0.39, 0.29) is 17.8 Å². The van der Waals surface area contributed by atoms with Crippen LogP contribution in [0.25, 0.3) is 11.2 Å². The second kappa shape index (κ2) is 12.0. The average molecular weight is 476 g/mol. The van der Waals surface area contributed by atoms with Crippen LogP contribution in [0.3, 0.4) is 0 Å². The molecule has 0 aromatic carbocycles. The van der Waals surface area contributed by atoms with Crippen molar-refractivity contribution in [3.05, 3.63) is 16.7 Å². The van der Waals surface area contributed by atoms with Crippen molar-refractivity contribution in [1.29, 1.82) is 0 Å². The van der Waals surface area contributed by atoms with Crippen molar-refractivity contribution >= 4 is 25.7 Å². The number of nitrogens with one attached hydrogen (secondary N) is 1. The number of aliphatic hydroxyl groups is 2. The number of nitrogens with zero attached hydrogens (tertiary/aromatic N) is 5. The second-order valence-electron chi connectivity index (χ2n) is 7.32. The molecule has 0 bridgehead atoms. The minimum absolute atomic E-state index is 0.0600. The molecule has 182 valence electrons. The molecule has 32 heavy (non-hydrogen) atoms. The lowest BCUT2D eigenvalue weighted by Crippen LogP contribution is -2.33. The summed E-state index contributed by atoms with van der Waals surface area (Å²) in [6.45, 7) is 9.80. The maximum Gasteiger partial charge on any atom is 0.327 e. The fourth-order valence-corrected chi connectivity index (χ4v) is 3.50. The molecule has 5 N–H and O–H groups in total. The number of fused-ring (bicyclic) bond motifs is 1. The zero-order valence-electron chi connectivity index (χ0n) is 18.9. The van der Waals surface area contributed by atoms with Crippen LogP contribution in [0.4, 0.5) is 5.95 Å². The Labute approximate surface area is 187 Å². The summed E-state index contributed by atoms with van der Waals surface area (Å²) < 4.78 is 11.5. The van der Waals surface area contributed by atoms with Gasteiger partial charge in [-0.15, -0.1) is 0 Å². The number of anilines is 1. The SMILES string of the molecule is CCN(CC)CC.CN(C)c1nc2c(ncn2[C@@H]2O[C@H](COP(O)O)[C@@H](O)[C@H]2O)c(=O)[nH]1. The molecule has 2 aromatic rings. The highest BCUT2D eigenvalue weighted by Gasteiger charge is 2.44. The molecule has 3 rings (SSSR count). The second-order valence-corrected chi connectivity index (χ2v) is 8.09. The van der Waals surface area contributed by atoms with E-state index in [4.69, 9.17) is 14.5 Å². The lowest BCUT2D eigenvalue weighted by atomic mass is 10.1. The molecule has 0 amide bonds. The Hall–Kier alpha value is -1.70. The summed E-state index contributed by atoms with van der Waals surface area (Å²) in [6, 6.07) is 0. The average Bonchev–Trinajstić information content (AvgIpc) is 3.30. The van der Waals surface area contributed by atoms with Gasteiger partial charge < -0.3 is 39.1 Å². The minimum Gasteiger partial charge on any atom is -0.387 e. The number of imidazole rings is 1. The number of hydrogen-bond acceptors (Lipinski definition) is 11. The van der Waals surface area contributed by atoms with Gasteiger partial charge in [0.2, 0.25) is 5.95 Å². The van der Waals surface area contributed by atoms with Crippen LogP contribution >= 0.6 is 8.60 Å². The van der Waals surface area contributed by atoms with Crippen LogP contribution in [0, 0.1) is 0 Å². The van der Waals surface area contributed by atoms with E-state index >= 15 is 0 Å². The van der Waals surface area contributed by atoms with Crippen LogP contribution in [0.15, 0.2) is 11.1 Å². The Morgan fingerprint density at radius 3 is 2.31 bits per heavy atom. The van der Waals surface area contributed by atoms with Gasteiger partial charge >= 0.3 is 8.60 Å².